The Hall–Kier alpha value is -0.570. The van der Waals surface area contributed by atoms with Crippen molar-refractivity contribution in [2.45, 2.75) is 57.2 Å². The first kappa shape index (κ1) is 11.9. The summed E-state index contributed by atoms with van der Waals surface area (Å²) in [6.07, 6.45) is 5.65. The van der Waals surface area contributed by atoms with Crippen molar-refractivity contribution in [2.24, 2.45) is 5.92 Å². The summed E-state index contributed by atoms with van der Waals surface area (Å²) in [7, 11) is 0. The van der Waals surface area contributed by atoms with E-state index in [9.17, 15) is 0 Å². The molecule has 3 atom stereocenters. The number of aromatic nitrogens is 2. The van der Waals surface area contributed by atoms with Crippen LogP contribution >= 0.6 is 11.6 Å². The Kier molecular flexibility index (Phi) is 3.85. The highest BCUT2D eigenvalue weighted by atomic mass is 35.5. The van der Waals surface area contributed by atoms with Gasteiger partial charge in [0.25, 0.3) is 0 Å². The fraction of sp³-hybridized carbons (Fsp3) is 0.833. The predicted molar refractivity (Wildman–Crippen MR) is 63.6 cm³/mol. The SMILES string of the molecule is CCCC(Cl)c1noc(C2CCCC2C)n1. The molecule has 0 aliphatic heterocycles. The molecule has 0 radical (unpaired) electrons. The lowest BCUT2D eigenvalue weighted by molar-refractivity contribution is 0.328. The maximum absolute atomic E-state index is 6.18. The first-order chi connectivity index (χ1) is 7.72. The zero-order valence-corrected chi connectivity index (χ0v) is 10.7. The molecule has 1 aliphatic carbocycles. The Labute approximate surface area is 102 Å². The fourth-order valence-corrected chi connectivity index (χ4v) is 2.73. The Balaban J connectivity index is 2.06. The minimum Gasteiger partial charge on any atom is -0.339 e. The van der Waals surface area contributed by atoms with E-state index in [1.54, 1.807) is 0 Å². The largest absolute Gasteiger partial charge is 0.339 e. The number of hydrogen-bond acceptors (Lipinski definition) is 3. The van der Waals surface area contributed by atoms with Crippen molar-refractivity contribution < 1.29 is 4.52 Å². The maximum Gasteiger partial charge on any atom is 0.230 e. The third kappa shape index (κ3) is 2.40. The summed E-state index contributed by atoms with van der Waals surface area (Å²) >= 11 is 6.18. The molecule has 0 bridgehead atoms. The molecule has 0 saturated heterocycles. The Morgan fingerprint density at radius 2 is 2.31 bits per heavy atom. The van der Waals surface area contributed by atoms with Gasteiger partial charge >= 0.3 is 0 Å². The highest BCUT2D eigenvalue weighted by Crippen LogP contribution is 2.38. The van der Waals surface area contributed by atoms with Gasteiger partial charge in [0, 0.05) is 5.92 Å². The molecule has 0 aromatic carbocycles. The molecular weight excluding hydrogens is 224 g/mol. The van der Waals surface area contributed by atoms with Crippen molar-refractivity contribution in [3.63, 3.8) is 0 Å². The highest BCUT2D eigenvalue weighted by molar-refractivity contribution is 6.20. The van der Waals surface area contributed by atoms with Crippen molar-refractivity contribution in [1.82, 2.24) is 10.1 Å². The maximum atomic E-state index is 6.18. The van der Waals surface area contributed by atoms with Crippen LogP contribution in [0.1, 0.15) is 69.0 Å². The summed E-state index contributed by atoms with van der Waals surface area (Å²) in [6, 6.07) is 0. The van der Waals surface area contributed by atoms with Crippen LogP contribution in [0.15, 0.2) is 4.52 Å². The van der Waals surface area contributed by atoms with Gasteiger partial charge in [0.2, 0.25) is 5.89 Å². The van der Waals surface area contributed by atoms with Crippen LogP contribution in [0.4, 0.5) is 0 Å². The smallest absolute Gasteiger partial charge is 0.230 e. The first-order valence-corrected chi connectivity index (χ1v) is 6.63. The van der Waals surface area contributed by atoms with Gasteiger partial charge in [-0.25, -0.2) is 0 Å². The molecule has 3 nitrogen and oxygen atoms in total. The van der Waals surface area contributed by atoms with Crippen molar-refractivity contribution >= 4 is 11.6 Å². The van der Waals surface area contributed by atoms with Crippen LogP contribution in [0.25, 0.3) is 0 Å². The summed E-state index contributed by atoms with van der Waals surface area (Å²) in [5.74, 6) is 2.57. The number of alkyl halides is 1. The van der Waals surface area contributed by atoms with Crippen LogP contribution in [-0.2, 0) is 0 Å². The van der Waals surface area contributed by atoms with Crippen LogP contribution in [0, 0.1) is 5.92 Å². The second-order valence-electron chi connectivity index (χ2n) is 4.76. The van der Waals surface area contributed by atoms with E-state index in [0.29, 0.717) is 17.7 Å². The molecule has 2 rings (SSSR count). The average molecular weight is 243 g/mol. The minimum atomic E-state index is -0.0980. The van der Waals surface area contributed by atoms with Crippen molar-refractivity contribution in [3.05, 3.63) is 11.7 Å². The third-order valence-corrected chi connectivity index (χ3v) is 3.87. The van der Waals surface area contributed by atoms with E-state index >= 15 is 0 Å². The van der Waals surface area contributed by atoms with Gasteiger partial charge in [-0.3, -0.25) is 0 Å². The fourth-order valence-electron chi connectivity index (χ4n) is 2.42. The summed E-state index contributed by atoms with van der Waals surface area (Å²) < 4.78 is 5.34. The van der Waals surface area contributed by atoms with Crippen LogP contribution < -0.4 is 0 Å². The third-order valence-electron chi connectivity index (χ3n) is 3.46. The second-order valence-corrected chi connectivity index (χ2v) is 5.29. The quantitative estimate of drug-likeness (QED) is 0.748. The van der Waals surface area contributed by atoms with E-state index in [1.807, 2.05) is 0 Å². The van der Waals surface area contributed by atoms with Gasteiger partial charge in [-0.2, -0.15) is 4.98 Å². The second kappa shape index (κ2) is 5.17. The first-order valence-electron chi connectivity index (χ1n) is 6.20. The molecule has 4 heteroatoms. The monoisotopic (exact) mass is 242 g/mol. The molecule has 1 fully saturated rings. The van der Waals surface area contributed by atoms with Crippen LogP contribution in [0.2, 0.25) is 0 Å². The molecule has 1 aliphatic rings. The lowest BCUT2D eigenvalue weighted by Gasteiger charge is -2.08. The molecule has 1 heterocycles. The molecule has 0 amide bonds. The van der Waals surface area contributed by atoms with E-state index in [-0.39, 0.29) is 5.38 Å². The topological polar surface area (TPSA) is 38.9 Å². The van der Waals surface area contributed by atoms with Gasteiger partial charge < -0.3 is 4.52 Å². The zero-order chi connectivity index (χ0) is 11.5. The van der Waals surface area contributed by atoms with E-state index in [2.05, 4.69) is 24.0 Å². The molecule has 3 unspecified atom stereocenters. The standard InChI is InChI=1S/C12H19ClN2O/c1-3-5-10(13)11-14-12(16-15-11)9-7-4-6-8(9)2/h8-10H,3-7H2,1-2H3. The van der Waals surface area contributed by atoms with E-state index in [4.69, 9.17) is 16.1 Å². The number of hydrogen-bond donors (Lipinski definition) is 0. The number of rotatable bonds is 4. The summed E-state index contributed by atoms with van der Waals surface area (Å²) in [5, 5.41) is 3.90. The lowest BCUT2D eigenvalue weighted by atomic mass is 9.98. The normalized spacial score (nSPS) is 27.2. The van der Waals surface area contributed by atoms with Gasteiger partial charge in [0.05, 0.1) is 5.38 Å². The van der Waals surface area contributed by atoms with Gasteiger partial charge in [-0.15, -0.1) is 11.6 Å². The molecule has 1 aromatic heterocycles. The zero-order valence-electron chi connectivity index (χ0n) is 9.95. The molecule has 0 spiro atoms. The highest BCUT2D eigenvalue weighted by Gasteiger charge is 2.30. The van der Waals surface area contributed by atoms with Crippen molar-refractivity contribution in [2.75, 3.05) is 0 Å². The van der Waals surface area contributed by atoms with Crippen LogP contribution in [0.5, 0.6) is 0 Å². The van der Waals surface area contributed by atoms with E-state index in [1.165, 1.54) is 19.3 Å². The number of nitrogens with zero attached hydrogens (tertiary/aromatic N) is 2. The van der Waals surface area contributed by atoms with E-state index < -0.39 is 0 Å². The van der Waals surface area contributed by atoms with E-state index in [0.717, 1.165) is 18.7 Å². The minimum absolute atomic E-state index is 0.0980. The summed E-state index contributed by atoms with van der Waals surface area (Å²) in [6.45, 7) is 4.36. The molecule has 90 valence electrons. The number of halogens is 1. The van der Waals surface area contributed by atoms with Crippen LogP contribution in [0.3, 0.4) is 0 Å². The Bertz CT molecular complexity index is 340. The van der Waals surface area contributed by atoms with Gasteiger partial charge in [0.15, 0.2) is 5.82 Å². The Morgan fingerprint density at radius 3 is 2.94 bits per heavy atom. The molecule has 0 N–H and O–H groups in total. The predicted octanol–water partition coefficient (Wildman–Crippen LogP) is 4.05. The molecule has 1 aromatic rings. The summed E-state index contributed by atoms with van der Waals surface area (Å²) in [4.78, 5) is 4.45. The lowest BCUT2D eigenvalue weighted by Crippen LogP contribution is -2.02. The summed E-state index contributed by atoms with van der Waals surface area (Å²) in [5.41, 5.74) is 0. The molecule has 16 heavy (non-hydrogen) atoms. The molecule has 1 saturated carbocycles. The van der Waals surface area contributed by atoms with Crippen molar-refractivity contribution in [1.29, 1.82) is 0 Å². The van der Waals surface area contributed by atoms with Crippen molar-refractivity contribution in [3.8, 4) is 0 Å². The molecular formula is C12H19ClN2O. The van der Waals surface area contributed by atoms with Crippen LogP contribution in [-0.4, -0.2) is 10.1 Å². The van der Waals surface area contributed by atoms with Gasteiger partial charge in [-0.05, 0) is 25.2 Å². The Morgan fingerprint density at radius 1 is 1.50 bits per heavy atom. The average Bonchev–Trinajstić information content (AvgIpc) is 2.86. The van der Waals surface area contributed by atoms with Gasteiger partial charge in [-0.1, -0.05) is 31.8 Å². The van der Waals surface area contributed by atoms with Gasteiger partial charge in [0.1, 0.15) is 0 Å².